The first kappa shape index (κ1) is 9.51. The maximum Gasteiger partial charge on any atom is 0.109 e. The maximum atomic E-state index is 10.2. The number of rotatable bonds is 1. The van der Waals surface area contributed by atoms with Gasteiger partial charge >= 0.3 is 0 Å². The van der Waals surface area contributed by atoms with Crippen LogP contribution in [0.25, 0.3) is 0 Å². The molecule has 0 spiro atoms. The Labute approximate surface area is 73.6 Å². The molecule has 2 radical (unpaired) electrons. The van der Waals surface area contributed by atoms with Crippen LogP contribution >= 0.6 is 0 Å². The highest BCUT2D eigenvalue weighted by Gasteiger charge is 2.15. The van der Waals surface area contributed by atoms with Crippen LogP contribution in [-0.4, -0.2) is 38.1 Å². The normalized spacial score (nSPS) is 32.2. The van der Waals surface area contributed by atoms with Gasteiger partial charge in [0.25, 0.3) is 0 Å². The van der Waals surface area contributed by atoms with Crippen molar-refractivity contribution in [3.05, 3.63) is 4.91 Å². The van der Waals surface area contributed by atoms with Gasteiger partial charge in [0.05, 0.1) is 11.4 Å². The molecular formula is C7H13BN2O2. The summed E-state index contributed by atoms with van der Waals surface area (Å²) in [4.78, 5) is 10.2. The minimum absolute atomic E-state index is 0.115. The molecule has 2 unspecified atom stereocenters. The largest absolute Gasteiger partial charge is 0.385 e. The van der Waals surface area contributed by atoms with Crippen molar-refractivity contribution in [2.45, 2.75) is 31.9 Å². The second-order valence-electron chi connectivity index (χ2n) is 3.10. The number of nitroso groups, excluding NO2 is 1. The summed E-state index contributed by atoms with van der Waals surface area (Å²) in [6.45, 7) is 3.21. The van der Waals surface area contributed by atoms with Gasteiger partial charge in [0, 0.05) is 19.1 Å². The van der Waals surface area contributed by atoms with Crippen molar-refractivity contribution in [2.75, 3.05) is 13.1 Å². The van der Waals surface area contributed by atoms with Crippen LogP contribution in [0.5, 0.6) is 0 Å². The Bertz CT molecular complexity index is 144. The van der Waals surface area contributed by atoms with Crippen LogP contribution in [0.3, 0.4) is 0 Å². The van der Waals surface area contributed by atoms with Crippen molar-refractivity contribution in [1.29, 1.82) is 0 Å². The fourth-order valence-electron chi connectivity index (χ4n) is 1.24. The van der Waals surface area contributed by atoms with E-state index in [0.29, 0.717) is 19.5 Å². The average molecular weight is 168 g/mol. The Morgan fingerprint density at radius 3 is 2.83 bits per heavy atom. The molecule has 12 heavy (non-hydrogen) atoms. The summed E-state index contributed by atoms with van der Waals surface area (Å²) >= 11 is 0. The van der Waals surface area contributed by atoms with E-state index in [1.54, 1.807) is 0 Å². The molecule has 0 aromatic heterocycles. The van der Waals surface area contributed by atoms with Crippen LogP contribution < -0.4 is 0 Å². The van der Waals surface area contributed by atoms with Crippen molar-refractivity contribution in [3.8, 4) is 0 Å². The van der Waals surface area contributed by atoms with E-state index in [1.807, 2.05) is 6.92 Å². The number of ether oxygens (including phenoxy) is 1. The van der Waals surface area contributed by atoms with Crippen LogP contribution in [0, 0.1) is 4.91 Å². The molecule has 2 atom stereocenters. The smallest absolute Gasteiger partial charge is 0.109 e. The highest BCUT2D eigenvalue weighted by Crippen LogP contribution is 2.10. The van der Waals surface area contributed by atoms with E-state index >= 15 is 0 Å². The van der Waals surface area contributed by atoms with Crippen LogP contribution in [0.1, 0.15) is 19.8 Å². The summed E-state index contributed by atoms with van der Waals surface area (Å²) in [7, 11) is 5.62. The Hall–Kier alpha value is -0.575. The molecule has 1 saturated heterocycles. The van der Waals surface area contributed by atoms with E-state index in [9.17, 15) is 4.91 Å². The molecular weight excluding hydrogens is 155 g/mol. The summed E-state index contributed by atoms with van der Waals surface area (Å²) in [6, 6.07) is -0.260. The molecule has 66 valence electrons. The van der Waals surface area contributed by atoms with Crippen LogP contribution in [0.2, 0.25) is 0 Å². The zero-order valence-electron chi connectivity index (χ0n) is 7.27. The zero-order chi connectivity index (χ0) is 8.97. The molecule has 1 aliphatic heterocycles. The molecule has 1 aliphatic rings. The standard InChI is InChI=1S/C7H13BN2O2/c1-6-2-4-10(9-11)5-3-7(8)12-6/h6-7H,2-5H2,1H3. The molecule has 4 nitrogen and oxygen atoms in total. The van der Waals surface area contributed by atoms with E-state index in [1.165, 1.54) is 5.01 Å². The topological polar surface area (TPSA) is 41.9 Å². The molecule has 0 aromatic rings. The Morgan fingerprint density at radius 1 is 1.50 bits per heavy atom. The first-order chi connectivity index (χ1) is 5.72. The molecule has 0 bridgehead atoms. The molecule has 0 N–H and O–H groups in total. The van der Waals surface area contributed by atoms with Crippen molar-refractivity contribution in [2.24, 2.45) is 5.29 Å². The quantitative estimate of drug-likeness (QED) is 0.426. The van der Waals surface area contributed by atoms with Crippen molar-refractivity contribution >= 4 is 7.85 Å². The third-order valence-electron chi connectivity index (χ3n) is 1.99. The monoisotopic (exact) mass is 168 g/mol. The summed E-state index contributed by atoms with van der Waals surface area (Å²) in [5.41, 5.74) is 0. The van der Waals surface area contributed by atoms with Gasteiger partial charge in [-0.15, -0.1) is 4.91 Å². The fraction of sp³-hybridized carbons (Fsp3) is 1.00. The van der Waals surface area contributed by atoms with Gasteiger partial charge < -0.3 is 4.74 Å². The fourth-order valence-corrected chi connectivity index (χ4v) is 1.24. The average Bonchev–Trinajstić information content (AvgIpc) is 2.02. The SMILES string of the molecule is [B]C1CCN(N=O)CCC(C)O1. The summed E-state index contributed by atoms with van der Waals surface area (Å²) in [5, 5.41) is 4.39. The lowest BCUT2D eigenvalue weighted by molar-refractivity contribution is 0.00736. The highest BCUT2D eigenvalue weighted by molar-refractivity contribution is 6.11. The minimum atomic E-state index is -0.260. The maximum absolute atomic E-state index is 10.2. The van der Waals surface area contributed by atoms with E-state index in [-0.39, 0.29) is 12.1 Å². The highest BCUT2D eigenvalue weighted by atomic mass is 16.5. The molecule has 0 saturated carbocycles. The van der Waals surface area contributed by atoms with E-state index < -0.39 is 0 Å². The first-order valence-corrected chi connectivity index (χ1v) is 4.21. The molecule has 0 aliphatic carbocycles. The van der Waals surface area contributed by atoms with Gasteiger partial charge in [0.1, 0.15) is 7.85 Å². The Kier molecular flexibility index (Phi) is 3.53. The predicted octanol–water partition coefficient (Wildman–Crippen LogP) is 0.663. The predicted molar refractivity (Wildman–Crippen MR) is 46.7 cm³/mol. The van der Waals surface area contributed by atoms with Gasteiger partial charge in [-0.2, -0.15) is 0 Å². The second-order valence-corrected chi connectivity index (χ2v) is 3.10. The number of hydrogen-bond acceptors (Lipinski definition) is 3. The molecule has 0 amide bonds. The van der Waals surface area contributed by atoms with Crippen LogP contribution in [0.4, 0.5) is 0 Å². The van der Waals surface area contributed by atoms with Gasteiger partial charge in [-0.25, -0.2) is 0 Å². The van der Waals surface area contributed by atoms with Crippen LogP contribution in [0.15, 0.2) is 5.29 Å². The van der Waals surface area contributed by atoms with Gasteiger partial charge in [0.15, 0.2) is 0 Å². The van der Waals surface area contributed by atoms with E-state index in [4.69, 9.17) is 12.6 Å². The van der Waals surface area contributed by atoms with Crippen molar-refractivity contribution in [3.63, 3.8) is 0 Å². The lowest BCUT2D eigenvalue weighted by atomic mass is 9.95. The molecule has 5 heteroatoms. The Morgan fingerprint density at radius 2 is 2.17 bits per heavy atom. The minimum Gasteiger partial charge on any atom is -0.385 e. The summed E-state index contributed by atoms with van der Waals surface area (Å²) in [5.74, 6) is 0. The molecule has 1 rings (SSSR count). The number of nitrogens with zero attached hydrogens (tertiary/aromatic N) is 2. The van der Waals surface area contributed by atoms with Crippen LogP contribution in [-0.2, 0) is 4.74 Å². The first-order valence-electron chi connectivity index (χ1n) is 4.21. The van der Waals surface area contributed by atoms with Gasteiger partial charge in [-0.3, -0.25) is 5.01 Å². The van der Waals surface area contributed by atoms with Crippen molar-refractivity contribution in [1.82, 2.24) is 5.01 Å². The third-order valence-corrected chi connectivity index (χ3v) is 1.99. The van der Waals surface area contributed by atoms with Gasteiger partial charge in [-0.1, -0.05) is 0 Å². The lowest BCUT2D eigenvalue weighted by Gasteiger charge is -2.26. The van der Waals surface area contributed by atoms with E-state index in [0.717, 1.165) is 6.42 Å². The van der Waals surface area contributed by atoms with Crippen molar-refractivity contribution < 1.29 is 4.74 Å². The molecule has 1 fully saturated rings. The summed E-state index contributed by atoms with van der Waals surface area (Å²) < 4.78 is 5.39. The lowest BCUT2D eigenvalue weighted by Crippen LogP contribution is -2.32. The second kappa shape index (κ2) is 4.45. The third kappa shape index (κ3) is 2.81. The molecule has 0 aromatic carbocycles. The number of hydrogen-bond donors (Lipinski definition) is 0. The Balaban J connectivity index is 2.41. The summed E-state index contributed by atoms with van der Waals surface area (Å²) in [6.07, 6.45) is 1.58. The van der Waals surface area contributed by atoms with Gasteiger partial charge in [0.2, 0.25) is 0 Å². The zero-order valence-corrected chi connectivity index (χ0v) is 7.27. The van der Waals surface area contributed by atoms with Gasteiger partial charge in [-0.05, 0) is 19.8 Å². The van der Waals surface area contributed by atoms with E-state index in [2.05, 4.69) is 5.29 Å². The molecule has 1 heterocycles.